The van der Waals surface area contributed by atoms with E-state index in [0.29, 0.717) is 6.42 Å². The monoisotopic (exact) mass is 286 g/mol. The van der Waals surface area contributed by atoms with Gasteiger partial charge in [-0.3, -0.25) is 9.78 Å². The lowest BCUT2D eigenvalue weighted by atomic mass is 10.2. The van der Waals surface area contributed by atoms with Crippen molar-refractivity contribution in [1.82, 2.24) is 9.29 Å². The fourth-order valence-corrected chi connectivity index (χ4v) is 2.62. The Labute approximate surface area is 113 Å². The van der Waals surface area contributed by atoms with E-state index in [1.54, 1.807) is 24.5 Å². The van der Waals surface area contributed by atoms with Crippen molar-refractivity contribution in [2.24, 2.45) is 0 Å². The van der Waals surface area contributed by atoms with Crippen LogP contribution >= 0.6 is 0 Å². The summed E-state index contributed by atoms with van der Waals surface area (Å²) in [6.45, 7) is 0.130. The van der Waals surface area contributed by atoms with Gasteiger partial charge >= 0.3 is 5.97 Å². The van der Waals surface area contributed by atoms with Gasteiger partial charge in [-0.1, -0.05) is 0 Å². The van der Waals surface area contributed by atoms with Gasteiger partial charge in [0, 0.05) is 26.0 Å². The lowest BCUT2D eigenvalue weighted by Crippen LogP contribution is -2.32. The average molecular weight is 286 g/mol. The number of rotatable bonds is 7. The van der Waals surface area contributed by atoms with Crippen molar-refractivity contribution in [2.45, 2.75) is 12.8 Å². The highest BCUT2D eigenvalue weighted by molar-refractivity contribution is 7.89. The van der Waals surface area contributed by atoms with Crippen LogP contribution in [0.25, 0.3) is 0 Å². The lowest BCUT2D eigenvalue weighted by Gasteiger charge is -2.16. The predicted molar refractivity (Wildman–Crippen MR) is 71.0 cm³/mol. The first-order valence-electron chi connectivity index (χ1n) is 5.85. The second-order valence-corrected chi connectivity index (χ2v) is 6.26. The fourth-order valence-electron chi connectivity index (χ4n) is 1.44. The van der Waals surface area contributed by atoms with Crippen LogP contribution < -0.4 is 0 Å². The van der Waals surface area contributed by atoms with Crippen LogP contribution in [0.3, 0.4) is 0 Å². The Hall–Kier alpha value is -1.47. The number of aryl methyl sites for hydroxylation is 1. The third kappa shape index (κ3) is 5.35. The number of ether oxygens (including phenoxy) is 1. The maximum absolute atomic E-state index is 12.0. The standard InChI is InChI=1S/C12H18N2O4S/c1-14(9-5-12(15)18-2)19(16,17)10-6-11-3-7-13-8-4-11/h3-4,7-8H,5-6,9-10H2,1-2H3. The largest absolute Gasteiger partial charge is 0.469 e. The van der Waals surface area contributed by atoms with E-state index in [1.165, 1.54) is 18.5 Å². The fraction of sp³-hybridized carbons (Fsp3) is 0.500. The van der Waals surface area contributed by atoms with E-state index in [2.05, 4.69) is 9.72 Å². The van der Waals surface area contributed by atoms with Gasteiger partial charge in [0.1, 0.15) is 0 Å². The van der Waals surface area contributed by atoms with E-state index < -0.39 is 16.0 Å². The molecule has 0 aromatic carbocycles. The summed E-state index contributed by atoms with van der Waals surface area (Å²) in [6, 6.07) is 3.56. The lowest BCUT2D eigenvalue weighted by molar-refractivity contribution is -0.140. The van der Waals surface area contributed by atoms with Gasteiger partial charge in [-0.2, -0.15) is 0 Å². The molecule has 1 rings (SSSR count). The minimum atomic E-state index is -3.36. The first-order valence-corrected chi connectivity index (χ1v) is 7.46. The van der Waals surface area contributed by atoms with E-state index in [9.17, 15) is 13.2 Å². The van der Waals surface area contributed by atoms with Gasteiger partial charge in [0.25, 0.3) is 0 Å². The molecule has 0 bridgehead atoms. The summed E-state index contributed by atoms with van der Waals surface area (Å²) in [5, 5.41) is 0. The molecule has 1 aromatic rings. The smallest absolute Gasteiger partial charge is 0.306 e. The molecule has 6 nitrogen and oxygen atoms in total. The molecule has 0 fully saturated rings. The Kier molecular flexibility index (Phi) is 5.91. The number of aromatic nitrogens is 1. The Morgan fingerprint density at radius 1 is 1.37 bits per heavy atom. The number of pyridine rings is 1. The molecule has 1 aromatic heterocycles. The van der Waals surface area contributed by atoms with Gasteiger partial charge in [0.15, 0.2) is 0 Å². The number of hydrogen-bond donors (Lipinski definition) is 0. The number of nitrogens with zero attached hydrogens (tertiary/aromatic N) is 2. The predicted octanol–water partition coefficient (Wildman–Crippen LogP) is 0.449. The van der Waals surface area contributed by atoms with E-state index in [1.807, 2.05) is 0 Å². The zero-order valence-corrected chi connectivity index (χ0v) is 11.9. The molecule has 0 atom stereocenters. The third-order valence-corrected chi connectivity index (χ3v) is 4.58. The number of carbonyl (C=O) groups is 1. The molecule has 1 heterocycles. The molecule has 0 aliphatic carbocycles. The van der Waals surface area contributed by atoms with Crippen molar-refractivity contribution in [2.75, 3.05) is 26.5 Å². The number of hydrogen-bond acceptors (Lipinski definition) is 5. The Bertz CT molecular complexity index is 502. The molecule has 106 valence electrons. The quantitative estimate of drug-likeness (QED) is 0.680. The number of sulfonamides is 1. The van der Waals surface area contributed by atoms with Crippen LogP contribution in [0.1, 0.15) is 12.0 Å². The maximum atomic E-state index is 12.0. The normalized spacial score (nSPS) is 11.5. The molecule has 0 aliphatic rings. The number of esters is 1. The molecule has 0 saturated carbocycles. The second-order valence-electron chi connectivity index (χ2n) is 4.07. The van der Waals surface area contributed by atoms with Gasteiger partial charge in [-0.15, -0.1) is 0 Å². The Morgan fingerprint density at radius 2 is 2.00 bits per heavy atom. The van der Waals surface area contributed by atoms with Crippen LogP contribution in [0.2, 0.25) is 0 Å². The van der Waals surface area contributed by atoms with Crippen molar-refractivity contribution in [3.63, 3.8) is 0 Å². The summed E-state index contributed by atoms with van der Waals surface area (Å²) in [5.74, 6) is -0.412. The summed E-state index contributed by atoms with van der Waals surface area (Å²) in [5.41, 5.74) is 0.917. The minimum absolute atomic E-state index is 0.00862. The number of methoxy groups -OCH3 is 1. The average Bonchev–Trinajstić information content (AvgIpc) is 2.43. The molecule has 19 heavy (non-hydrogen) atoms. The molecule has 7 heteroatoms. The van der Waals surface area contributed by atoms with E-state index >= 15 is 0 Å². The third-order valence-electron chi connectivity index (χ3n) is 2.73. The second kappa shape index (κ2) is 7.20. The highest BCUT2D eigenvalue weighted by atomic mass is 32.2. The highest BCUT2D eigenvalue weighted by Crippen LogP contribution is 2.05. The zero-order valence-electron chi connectivity index (χ0n) is 11.1. The highest BCUT2D eigenvalue weighted by Gasteiger charge is 2.18. The molecular formula is C12H18N2O4S. The van der Waals surface area contributed by atoms with E-state index in [-0.39, 0.29) is 18.7 Å². The van der Waals surface area contributed by atoms with Crippen LogP contribution in [-0.2, 0) is 26.0 Å². The van der Waals surface area contributed by atoms with Gasteiger partial charge in [0.2, 0.25) is 10.0 Å². The van der Waals surface area contributed by atoms with Crippen molar-refractivity contribution in [3.05, 3.63) is 30.1 Å². The first kappa shape index (κ1) is 15.6. The molecule has 0 radical (unpaired) electrons. The van der Waals surface area contributed by atoms with Crippen LogP contribution in [0.5, 0.6) is 0 Å². The summed E-state index contributed by atoms with van der Waals surface area (Å²) in [7, 11) is -0.616. The molecule has 0 N–H and O–H groups in total. The van der Waals surface area contributed by atoms with Crippen molar-refractivity contribution in [1.29, 1.82) is 0 Å². The van der Waals surface area contributed by atoms with E-state index in [0.717, 1.165) is 5.56 Å². The molecule has 0 saturated heterocycles. The topological polar surface area (TPSA) is 76.6 Å². The van der Waals surface area contributed by atoms with Gasteiger partial charge in [-0.25, -0.2) is 12.7 Å². The van der Waals surface area contributed by atoms with Crippen molar-refractivity contribution in [3.8, 4) is 0 Å². The summed E-state index contributed by atoms with van der Waals surface area (Å²) >= 11 is 0. The van der Waals surface area contributed by atoms with Crippen LogP contribution in [-0.4, -0.2) is 50.1 Å². The summed E-state index contributed by atoms with van der Waals surface area (Å²) in [6.07, 6.45) is 3.74. The summed E-state index contributed by atoms with van der Waals surface area (Å²) < 4.78 is 29.6. The molecule has 0 aliphatic heterocycles. The SMILES string of the molecule is COC(=O)CCN(C)S(=O)(=O)CCc1ccncc1. The maximum Gasteiger partial charge on any atom is 0.306 e. The van der Waals surface area contributed by atoms with Gasteiger partial charge < -0.3 is 4.74 Å². The van der Waals surface area contributed by atoms with E-state index in [4.69, 9.17) is 0 Å². The Balaban J connectivity index is 2.49. The molecule has 0 amide bonds. The molecule has 0 spiro atoms. The number of carbonyl (C=O) groups excluding carboxylic acids is 1. The van der Waals surface area contributed by atoms with Crippen molar-refractivity contribution >= 4 is 16.0 Å². The molecular weight excluding hydrogens is 268 g/mol. The minimum Gasteiger partial charge on any atom is -0.469 e. The van der Waals surface area contributed by atoms with Crippen LogP contribution in [0.4, 0.5) is 0 Å². The molecule has 0 unspecified atom stereocenters. The summed E-state index contributed by atoms with van der Waals surface area (Å²) in [4.78, 5) is 14.8. The van der Waals surface area contributed by atoms with Gasteiger partial charge in [0.05, 0.1) is 19.3 Å². The Morgan fingerprint density at radius 3 is 2.58 bits per heavy atom. The zero-order chi connectivity index (χ0) is 14.3. The van der Waals surface area contributed by atoms with Crippen molar-refractivity contribution < 1.29 is 17.9 Å². The van der Waals surface area contributed by atoms with Gasteiger partial charge in [-0.05, 0) is 24.1 Å². The van der Waals surface area contributed by atoms with Crippen LogP contribution in [0.15, 0.2) is 24.5 Å². The van der Waals surface area contributed by atoms with Crippen LogP contribution in [0, 0.1) is 0 Å². The first-order chi connectivity index (χ1) is 8.95.